The molecule has 0 aliphatic rings. The van der Waals surface area contributed by atoms with Gasteiger partial charge in [0.15, 0.2) is 0 Å². The summed E-state index contributed by atoms with van der Waals surface area (Å²) in [7, 11) is 0. The van der Waals surface area contributed by atoms with E-state index in [2.05, 4.69) is 26.2 Å². The van der Waals surface area contributed by atoms with Crippen molar-refractivity contribution in [3.05, 3.63) is 44.7 Å². The number of hydrogen-bond donors (Lipinski definition) is 1. The fraction of sp³-hybridized carbons (Fsp3) is 0.182. The van der Waals surface area contributed by atoms with Gasteiger partial charge < -0.3 is 5.32 Å². The van der Waals surface area contributed by atoms with Crippen LogP contribution in [0, 0.1) is 0 Å². The lowest BCUT2D eigenvalue weighted by Gasteiger charge is -2.07. The predicted octanol–water partition coefficient (Wildman–Crippen LogP) is 4.54. The van der Waals surface area contributed by atoms with E-state index in [-0.39, 0.29) is 0 Å². The Morgan fingerprint density at radius 3 is 2.61 bits per heavy atom. The molecule has 18 heavy (non-hydrogen) atoms. The van der Waals surface area contributed by atoms with E-state index >= 15 is 0 Å². The minimum Gasteiger partial charge on any atom is -0.365 e. The molecule has 2 aromatic rings. The van der Waals surface area contributed by atoms with Crippen LogP contribution in [0.2, 0.25) is 0 Å². The quantitative estimate of drug-likeness (QED) is 0.890. The van der Waals surface area contributed by atoms with Crippen LogP contribution < -0.4 is 5.32 Å². The van der Waals surface area contributed by atoms with Gasteiger partial charge in [0.2, 0.25) is 0 Å². The normalized spacial score (nSPS) is 11.6. The summed E-state index contributed by atoms with van der Waals surface area (Å²) in [5.41, 5.74) is -0.744. The molecule has 7 heteroatoms. The number of rotatable bonds is 3. The van der Waals surface area contributed by atoms with Gasteiger partial charge in [-0.05, 0) is 34.1 Å². The lowest BCUT2D eigenvalue weighted by atomic mass is 10.3. The maximum absolute atomic E-state index is 12.3. The van der Waals surface area contributed by atoms with Crippen molar-refractivity contribution in [1.82, 2.24) is 4.98 Å². The summed E-state index contributed by atoms with van der Waals surface area (Å²) in [6, 6.07) is 4.28. The van der Waals surface area contributed by atoms with E-state index in [4.69, 9.17) is 0 Å². The van der Waals surface area contributed by atoms with E-state index < -0.39 is 11.7 Å². The first kappa shape index (κ1) is 13.4. The van der Waals surface area contributed by atoms with E-state index in [0.29, 0.717) is 12.4 Å². The van der Waals surface area contributed by atoms with Crippen molar-refractivity contribution in [2.24, 2.45) is 0 Å². The highest BCUT2D eigenvalue weighted by atomic mass is 79.9. The molecule has 2 rings (SSSR count). The molecule has 1 N–H and O–H groups in total. The molecule has 0 aliphatic heterocycles. The largest absolute Gasteiger partial charge is 0.417 e. The van der Waals surface area contributed by atoms with Crippen molar-refractivity contribution < 1.29 is 13.2 Å². The zero-order valence-electron chi connectivity index (χ0n) is 8.96. The fourth-order valence-corrected chi connectivity index (χ4v) is 2.68. The van der Waals surface area contributed by atoms with Gasteiger partial charge in [0, 0.05) is 20.9 Å². The van der Waals surface area contributed by atoms with Gasteiger partial charge >= 0.3 is 6.18 Å². The molecule has 0 radical (unpaired) electrons. The van der Waals surface area contributed by atoms with Crippen molar-refractivity contribution in [2.75, 3.05) is 5.32 Å². The molecule has 0 aliphatic carbocycles. The number of pyridine rings is 1. The van der Waals surface area contributed by atoms with Crippen LogP contribution in [0.15, 0.2) is 34.2 Å². The van der Waals surface area contributed by atoms with Gasteiger partial charge in [0.1, 0.15) is 5.82 Å². The Morgan fingerprint density at radius 1 is 1.33 bits per heavy atom. The standard InChI is InChI=1S/C11H8BrF3N2S/c12-8-3-9(18-6-8)5-17-10-2-1-7(4-16-10)11(13,14)15/h1-4,6H,5H2,(H,16,17). The molecule has 0 amide bonds. The molecule has 0 saturated carbocycles. The van der Waals surface area contributed by atoms with Gasteiger partial charge in [-0.25, -0.2) is 4.98 Å². The minimum atomic E-state index is -4.34. The Bertz CT molecular complexity index is 522. The number of nitrogens with zero attached hydrogens (tertiary/aromatic N) is 1. The topological polar surface area (TPSA) is 24.9 Å². The third-order valence-electron chi connectivity index (χ3n) is 2.16. The Balaban J connectivity index is 1.98. The second-order valence-corrected chi connectivity index (χ2v) is 5.43. The molecule has 2 aromatic heterocycles. The smallest absolute Gasteiger partial charge is 0.365 e. The van der Waals surface area contributed by atoms with Gasteiger partial charge in [-0.15, -0.1) is 11.3 Å². The highest BCUT2D eigenvalue weighted by molar-refractivity contribution is 9.10. The number of nitrogens with one attached hydrogen (secondary N) is 1. The van der Waals surface area contributed by atoms with Crippen LogP contribution >= 0.6 is 27.3 Å². The van der Waals surface area contributed by atoms with Gasteiger partial charge in [0.25, 0.3) is 0 Å². The SMILES string of the molecule is FC(F)(F)c1ccc(NCc2cc(Br)cs2)nc1. The molecule has 0 aromatic carbocycles. The molecule has 0 fully saturated rings. The summed E-state index contributed by atoms with van der Waals surface area (Å²) in [6.45, 7) is 0.536. The van der Waals surface area contributed by atoms with Gasteiger partial charge in [-0.3, -0.25) is 0 Å². The van der Waals surface area contributed by atoms with Crippen molar-refractivity contribution in [3.63, 3.8) is 0 Å². The van der Waals surface area contributed by atoms with Crippen LogP contribution in [0.1, 0.15) is 10.4 Å². The van der Waals surface area contributed by atoms with Crippen LogP contribution in [0.4, 0.5) is 19.0 Å². The zero-order valence-corrected chi connectivity index (χ0v) is 11.4. The van der Waals surface area contributed by atoms with E-state index in [9.17, 15) is 13.2 Å². The second kappa shape index (κ2) is 5.27. The number of thiophene rings is 1. The van der Waals surface area contributed by atoms with Crippen LogP contribution in [-0.2, 0) is 12.7 Å². The van der Waals surface area contributed by atoms with Crippen molar-refractivity contribution >= 4 is 33.1 Å². The molecule has 0 saturated heterocycles. The minimum absolute atomic E-state index is 0.424. The highest BCUT2D eigenvalue weighted by Gasteiger charge is 2.30. The average Bonchev–Trinajstić information content (AvgIpc) is 2.72. The van der Waals surface area contributed by atoms with E-state index in [0.717, 1.165) is 21.6 Å². The molecule has 96 valence electrons. The summed E-state index contributed by atoms with van der Waals surface area (Å²) in [6.07, 6.45) is -3.52. The van der Waals surface area contributed by atoms with Gasteiger partial charge in [-0.2, -0.15) is 13.2 Å². The molecule has 2 nitrogen and oxygen atoms in total. The molecule has 0 atom stereocenters. The molecular formula is C11H8BrF3N2S. The monoisotopic (exact) mass is 336 g/mol. The highest BCUT2D eigenvalue weighted by Crippen LogP contribution is 2.29. The predicted molar refractivity (Wildman–Crippen MR) is 68.6 cm³/mol. The summed E-state index contributed by atoms with van der Waals surface area (Å²) in [4.78, 5) is 4.80. The molecular weight excluding hydrogens is 329 g/mol. The molecule has 0 spiro atoms. The number of anilines is 1. The first-order chi connectivity index (χ1) is 8.45. The van der Waals surface area contributed by atoms with Crippen LogP contribution in [0.25, 0.3) is 0 Å². The summed E-state index contributed by atoms with van der Waals surface area (Å²) in [5.74, 6) is 0.424. The average molecular weight is 337 g/mol. The first-order valence-corrected chi connectivity index (χ1v) is 6.62. The van der Waals surface area contributed by atoms with Crippen LogP contribution in [0.5, 0.6) is 0 Å². The Morgan fingerprint density at radius 2 is 2.11 bits per heavy atom. The number of hydrogen-bond acceptors (Lipinski definition) is 3. The first-order valence-electron chi connectivity index (χ1n) is 4.95. The third kappa shape index (κ3) is 3.46. The van der Waals surface area contributed by atoms with Crippen LogP contribution in [-0.4, -0.2) is 4.98 Å². The fourth-order valence-electron chi connectivity index (χ4n) is 1.29. The maximum atomic E-state index is 12.3. The lowest BCUT2D eigenvalue weighted by molar-refractivity contribution is -0.137. The summed E-state index contributed by atoms with van der Waals surface area (Å²) >= 11 is 4.89. The number of halogens is 4. The van der Waals surface area contributed by atoms with Gasteiger partial charge in [-0.1, -0.05) is 0 Å². The Kier molecular flexibility index (Phi) is 3.91. The number of alkyl halides is 3. The van der Waals surface area contributed by atoms with E-state index in [1.54, 1.807) is 11.3 Å². The van der Waals surface area contributed by atoms with E-state index in [1.165, 1.54) is 6.07 Å². The van der Waals surface area contributed by atoms with Crippen LogP contribution in [0.3, 0.4) is 0 Å². The van der Waals surface area contributed by atoms with Gasteiger partial charge in [0.05, 0.1) is 12.1 Å². The van der Waals surface area contributed by atoms with Crippen molar-refractivity contribution in [2.45, 2.75) is 12.7 Å². The second-order valence-electron chi connectivity index (χ2n) is 3.51. The summed E-state index contributed by atoms with van der Waals surface area (Å²) in [5, 5.41) is 4.91. The number of aromatic nitrogens is 1. The maximum Gasteiger partial charge on any atom is 0.417 e. The molecule has 0 unspecified atom stereocenters. The molecule has 0 bridgehead atoms. The molecule has 2 heterocycles. The van der Waals surface area contributed by atoms with Crippen molar-refractivity contribution in [1.29, 1.82) is 0 Å². The Hall–Kier alpha value is -1.08. The third-order valence-corrected chi connectivity index (χ3v) is 3.85. The Labute approximate surface area is 114 Å². The van der Waals surface area contributed by atoms with Crippen molar-refractivity contribution in [3.8, 4) is 0 Å². The van der Waals surface area contributed by atoms with E-state index in [1.807, 2.05) is 11.4 Å². The zero-order chi connectivity index (χ0) is 13.2. The lowest BCUT2D eigenvalue weighted by Crippen LogP contribution is -2.06. The summed E-state index contributed by atoms with van der Waals surface area (Å²) < 4.78 is 37.9.